The maximum atomic E-state index is 5.34. The normalized spacial score (nSPS) is 20.9. The fraction of sp³-hybridized carbons (Fsp3) is 0.467. The van der Waals surface area contributed by atoms with E-state index in [-0.39, 0.29) is 0 Å². The van der Waals surface area contributed by atoms with Crippen molar-refractivity contribution in [1.29, 1.82) is 0 Å². The minimum atomic E-state index is 0.591. The van der Waals surface area contributed by atoms with Gasteiger partial charge in [0.2, 0.25) is 0 Å². The predicted octanol–water partition coefficient (Wildman–Crippen LogP) is 3.16. The molecule has 1 heterocycles. The van der Waals surface area contributed by atoms with Crippen LogP contribution in [0.25, 0.3) is 0 Å². The van der Waals surface area contributed by atoms with Crippen LogP contribution in [-0.2, 0) is 0 Å². The van der Waals surface area contributed by atoms with E-state index in [1.165, 1.54) is 30.5 Å². The average Bonchev–Trinajstić information content (AvgIpc) is 2.74. The van der Waals surface area contributed by atoms with Gasteiger partial charge in [0.15, 0.2) is 0 Å². The molecule has 0 N–H and O–H groups in total. The summed E-state index contributed by atoms with van der Waals surface area (Å²) in [7, 11) is 0. The first-order chi connectivity index (χ1) is 7.81. The molecule has 1 atom stereocenters. The van der Waals surface area contributed by atoms with E-state index in [0.29, 0.717) is 6.04 Å². The average molecular weight is 213 g/mol. The van der Waals surface area contributed by atoms with Gasteiger partial charge in [0, 0.05) is 19.0 Å². The van der Waals surface area contributed by atoms with Gasteiger partial charge >= 0.3 is 0 Å². The van der Waals surface area contributed by atoms with Gasteiger partial charge in [0.25, 0.3) is 0 Å². The third-order valence-corrected chi connectivity index (χ3v) is 3.33. The summed E-state index contributed by atoms with van der Waals surface area (Å²) in [6, 6.07) is 9.45. The molecule has 0 bridgehead atoms. The number of terminal acetylenes is 1. The number of rotatable bonds is 3. The molecular formula is C15H19N. The van der Waals surface area contributed by atoms with Crippen LogP contribution in [0.3, 0.4) is 0 Å². The van der Waals surface area contributed by atoms with Crippen molar-refractivity contribution >= 4 is 0 Å². The Kier molecular flexibility index (Phi) is 3.64. The standard InChI is InChI=1S/C15H19N/c1-3-4-10-16-11-6-9-15(16)14-8-5-7-13(2)12-14/h1,5,7-8,12,15H,4,6,9-11H2,2H3/t15-/m0/s1. The van der Waals surface area contributed by atoms with Gasteiger partial charge in [-0.25, -0.2) is 0 Å². The minimum absolute atomic E-state index is 0.591. The van der Waals surface area contributed by atoms with Crippen LogP contribution >= 0.6 is 0 Å². The monoisotopic (exact) mass is 213 g/mol. The van der Waals surface area contributed by atoms with Crippen LogP contribution in [-0.4, -0.2) is 18.0 Å². The fourth-order valence-electron chi connectivity index (χ4n) is 2.56. The lowest BCUT2D eigenvalue weighted by Gasteiger charge is -2.24. The van der Waals surface area contributed by atoms with Gasteiger partial charge in [-0.3, -0.25) is 4.90 Å². The van der Waals surface area contributed by atoms with Crippen molar-refractivity contribution in [2.75, 3.05) is 13.1 Å². The van der Waals surface area contributed by atoms with E-state index in [0.717, 1.165) is 13.0 Å². The summed E-state index contributed by atoms with van der Waals surface area (Å²) in [4.78, 5) is 2.52. The third-order valence-electron chi connectivity index (χ3n) is 3.33. The maximum Gasteiger partial charge on any atom is 0.0349 e. The molecule has 0 amide bonds. The first kappa shape index (κ1) is 11.2. The van der Waals surface area contributed by atoms with Crippen molar-refractivity contribution in [3.05, 3.63) is 35.4 Å². The molecule has 1 aromatic rings. The molecule has 1 fully saturated rings. The van der Waals surface area contributed by atoms with E-state index >= 15 is 0 Å². The Morgan fingerprint density at radius 2 is 2.38 bits per heavy atom. The Balaban J connectivity index is 2.11. The van der Waals surface area contributed by atoms with Crippen LogP contribution in [0.5, 0.6) is 0 Å². The number of hydrogen-bond acceptors (Lipinski definition) is 1. The molecule has 1 saturated heterocycles. The molecule has 2 rings (SSSR count). The molecule has 0 unspecified atom stereocenters. The van der Waals surface area contributed by atoms with Crippen molar-refractivity contribution in [3.63, 3.8) is 0 Å². The number of aryl methyl sites for hydroxylation is 1. The molecule has 0 aromatic heterocycles. The van der Waals surface area contributed by atoms with Crippen LogP contribution < -0.4 is 0 Å². The number of benzene rings is 1. The minimum Gasteiger partial charge on any atom is -0.295 e. The van der Waals surface area contributed by atoms with Crippen molar-refractivity contribution in [1.82, 2.24) is 4.90 Å². The van der Waals surface area contributed by atoms with Gasteiger partial charge in [0.05, 0.1) is 0 Å². The summed E-state index contributed by atoms with van der Waals surface area (Å²) >= 11 is 0. The van der Waals surface area contributed by atoms with Crippen molar-refractivity contribution < 1.29 is 0 Å². The van der Waals surface area contributed by atoms with E-state index in [1.807, 2.05) is 0 Å². The van der Waals surface area contributed by atoms with Crippen molar-refractivity contribution in [3.8, 4) is 12.3 Å². The third kappa shape index (κ3) is 2.46. The highest BCUT2D eigenvalue weighted by molar-refractivity contribution is 5.25. The molecule has 1 aliphatic heterocycles. The summed E-state index contributed by atoms with van der Waals surface area (Å²) < 4.78 is 0. The Bertz CT molecular complexity index is 389. The molecule has 0 spiro atoms. The lowest BCUT2D eigenvalue weighted by Crippen LogP contribution is -2.24. The molecule has 1 aromatic carbocycles. The first-order valence-electron chi connectivity index (χ1n) is 6.05. The second-order valence-corrected chi connectivity index (χ2v) is 4.56. The molecular weight excluding hydrogens is 194 g/mol. The highest BCUT2D eigenvalue weighted by Gasteiger charge is 2.24. The molecule has 1 heteroatoms. The highest BCUT2D eigenvalue weighted by atomic mass is 15.2. The molecule has 0 aliphatic carbocycles. The highest BCUT2D eigenvalue weighted by Crippen LogP contribution is 2.31. The fourth-order valence-corrected chi connectivity index (χ4v) is 2.56. The topological polar surface area (TPSA) is 3.24 Å². The zero-order valence-electron chi connectivity index (χ0n) is 9.95. The maximum absolute atomic E-state index is 5.34. The summed E-state index contributed by atoms with van der Waals surface area (Å²) in [5.41, 5.74) is 2.80. The number of hydrogen-bond donors (Lipinski definition) is 0. The van der Waals surface area contributed by atoms with Crippen LogP contribution in [0, 0.1) is 19.3 Å². The molecule has 0 saturated carbocycles. The van der Waals surface area contributed by atoms with E-state index in [1.54, 1.807) is 0 Å². The van der Waals surface area contributed by atoms with E-state index in [2.05, 4.69) is 42.0 Å². The Morgan fingerprint density at radius 3 is 3.12 bits per heavy atom. The van der Waals surface area contributed by atoms with Gasteiger partial charge in [-0.2, -0.15) is 0 Å². The first-order valence-corrected chi connectivity index (χ1v) is 6.05. The lowest BCUT2D eigenvalue weighted by atomic mass is 10.0. The van der Waals surface area contributed by atoms with Crippen molar-refractivity contribution in [2.45, 2.75) is 32.2 Å². The Hall–Kier alpha value is -1.26. The largest absolute Gasteiger partial charge is 0.295 e. The van der Waals surface area contributed by atoms with Crippen LogP contribution in [0.15, 0.2) is 24.3 Å². The molecule has 0 radical (unpaired) electrons. The summed E-state index contributed by atoms with van der Waals surface area (Å²) in [5.74, 6) is 2.74. The Labute approximate surface area is 98.5 Å². The molecule has 84 valence electrons. The van der Waals surface area contributed by atoms with Gasteiger partial charge in [-0.05, 0) is 31.9 Å². The second kappa shape index (κ2) is 5.18. The van der Waals surface area contributed by atoms with E-state index < -0.39 is 0 Å². The lowest BCUT2D eigenvalue weighted by molar-refractivity contribution is 0.263. The van der Waals surface area contributed by atoms with Gasteiger partial charge < -0.3 is 0 Å². The van der Waals surface area contributed by atoms with Crippen LogP contribution in [0.4, 0.5) is 0 Å². The predicted molar refractivity (Wildman–Crippen MR) is 68.2 cm³/mol. The van der Waals surface area contributed by atoms with E-state index in [4.69, 9.17) is 6.42 Å². The number of nitrogens with zero attached hydrogens (tertiary/aromatic N) is 1. The Morgan fingerprint density at radius 1 is 1.50 bits per heavy atom. The zero-order valence-corrected chi connectivity index (χ0v) is 9.95. The summed E-state index contributed by atoms with van der Waals surface area (Å²) in [5, 5.41) is 0. The molecule has 16 heavy (non-hydrogen) atoms. The van der Waals surface area contributed by atoms with Gasteiger partial charge in [-0.1, -0.05) is 29.8 Å². The number of likely N-dealkylation sites (tertiary alicyclic amines) is 1. The summed E-state index contributed by atoms with van der Waals surface area (Å²) in [6.45, 7) is 4.39. The second-order valence-electron chi connectivity index (χ2n) is 4.56. The molecule has 1 nitrogen and oxygen atoms in total. The zero-order chi connectivity index (χ0) is 11.4. The van der Waals surface area contributed by atoms with Gasteiger partial charge in [-0.15, -0.1) is 12.3 Å². The quantitative estimate of drug-likeness (QED) is 0.697. The van der Waals surface area contributed by atoms with Crippen molar-refractivity contribution in [2.24, 2.45) is 0 Å². The van der Waals surface area contributed by atoms with Crippen LogP contribution in [0.2, 0.25) is 0 Å². The summed E-state index contributed by atoms with van der Waals surface area (Å²) in [6.07, 6.45) is 8.77. The van der Waals surface area contributed by atoms with Gasteiger partial charge in [0.1, 0.15) is 0 Å². The molecule has 1 aliphatic rings. The SMILES string of the molecule is C#CCCN1CCC[C@H]1c1cccc(C)c1. The van der Waals surface area contributed by atoms with Crippen LogP contribution in [0.1, 0.15) is 36.4 Å². The smallest absolute Gasteiger partial charge is 0.0349 e. The van der Waals surface area contributed by atoms with E-state index in [9.17, 15) is 0 Å².